The van der Waals surface area contributed by atoms with E-state index < -0.39 is 41.6 Å². The van der Waals surface area contributed by atoms with Gasteiger partial charge in [-0.25, -0.2) is 13.8 Å². The molecule has 1 atom stereocenters. The summed E-state index contributed by atoms with van der Waals surface area (Å²) in [5, 5.41) is 10.2. The first-order chi connectivity index (χ1) is 12.8. The number of rotatable bonds is 6. The summed E-state index contributed by atoms with van der Waals surface area (Å²) in [7, 11) is 0. The highest BCUT2D eigenvalue weighted by molar-refractivity contribution is 9.10. The Balaban J connectivity index is 1.76. The molecule has 1 aromatic carbocycles. The minimum Gasteiger partial charge on any atom is -0.487 e. The van der Waals surface area contributed by atoms with Crippen molar-refractivity contribution >= 4 is 33.2 Å². The van der Waals surface area contributed by atoms with E-state index in [1.54, 1.807) is 0 Å². The van der Waals surface area contributed by atoms with Crippen molar-refractivity contribution in [2.75, 3.05) is 6.61 Å². The lowest BCUT2D eigenvalue weighted by atomic mass is 10.1. The van der Waals surface area contributed by atoms with Crippen LogP contribution >= 0.6 is 27.3 Å². The van der Waals surface area contributed by atoms with E-state index in [4.69, 9.17) is 14.9 Å². The Morgan fingerprint density at radius 1 is 1.41 bits per heavy atom. The molecule has 2 aromatic heterocycles. The fraction of sp³-hybridized carbons (Fsp3) is 0.176. The van der Waals surface area contributed by atoms with Crippen molar-refractivity contribution in [1.29, 1.82) is 0 Å². The van der Waals surface area contributed by atoms with Gasteiger partial charge in [0.15, 0.2) is 22.3 Å². The van der Waals surface area contributed by atoms with Crippen molar-refractivity contribution in [1.82, 2.24) is 4.98 Å². The molecule has 1 unspecified atom stereocenters. The van der Waals surface area contributed by atoms with Crippen molar-refractivity contribution in [2.45, 2.75) is 13.0 Å². The van der Waals surface area contributed by atoms with Gasteiger partial charge in [-0.1, -0.05) is 0 Å². The number of nitrogens with zero attached hydrogens (tertiary/aromatic N) is 1. The normalized spacial score (nSPS) is 12.2. The fourth-order valence-corrected chi connectivity index (χ4v) is 3.74. The Labute approximate surface area is 164 Å². The molecule has 3 rings (SSSR count). The lowest BCUT2D eigenvalue weighted by Gasteiger charge is -2.11. The zero-order valence-corrected chi connectivity index (χ0v) is 16.2. The van der Waals surface area contributed by atoms with Crippen LogP contribution in [0.25, 0.3) is 10.6 Å². The van der Waals surface area contributed by atoms with E-state index in [1.165, 1.54) is 11.3 Å². The molecule has 0 radical (unpaired) electrons. The van der Waals surface area contributed by atoms with Gasteiger partial charge in [0.1, 0.15) is 23.7 Å². The SMILES string of the molecule is Cc1ccc(-c2nc(C(O)COc3ccc(F)c(C(N)=O)c3F)oc2Br)s1. The molecule has 6 nitrogen and oxygen atoms in total. The van der Waals surface area contributed by atoms with Gasteiger partial charge in [-0.2, -0.15) is 0 Å². The highest BCUT2D eigenvalue weighted by Gasteiger charge is 2.23. The number of benzene rings is 1. The smallest absolute Gasteiger partial charge is 0.254 e. The number of primary amides is 1. The number of oxazole rings is 1. The van der Waals surface area contributed by atoms with Crippen molar-refractivity contribution in [2.24, 2.45) is 5.73 Å². The van der Waals surface area contributed by atoms with Crippen molar-refractivity contribution in [3.05, 3.63) is 56.9 Å². The summed E-state index contributed by atoms with van der Waals surface area (Å²) in [6, 6.07) is 5.64. The summed E-state index contributed by atoms with van der Waals surface area (Å²) in [4.78, 5) is 17.3. The lowest BCUT2D eigenvalue weighted by Crippen LogP contribution is -2.17. The van der Waals surface area contributed by atoms with Crippen LogP contribution in [-0.2, 0) is 0 Å². The number of thiophene rings is 1. The molecule has 1 amide bonds. The number of amides is 1. The Kier molecular flexibility index (Phi) is 5.59. The molecule has 0 aliphatic carbocycles. The fourth-order valence-electron chi connectivity index (χ4n) is 2.28. The van der Waals surface area contributed by atoms with E-state index >= 15 is 0 Å². The number of hydrogen-bond acceptors (Lipinski definition) is 6. The Morgan fingerprint density at radius 2 is 2.15 bits per heavy atom. The zero-order valence-electron chi connectivity index (χ0n) is 13.8. The van der Waals surface area contributed by atoms with Crippen molar-refractivity contribution in [3.8, 4) is 16.3 Å². The van der Waals surface area contributed by atoms with Crippen LogP contribution in [-0.4, -0.2) is 22.6 Å². The molecule has 27 heavy (non-hydrogen) atoms. The summed E-state index contributed by atoms with van der Waals surface area (Å²) >= 11 is 4.75. The third kappa shape index (κ3) is 4.02. The van der Waals surface area contributed by atoms with Gasteiger partial charge in [-0.3, -0.25) is 4.79 Å². The van der Waals surface area contributed by atoms with Gasteiger partial charge in [0.2, 0.25) is 5.89 Å². The van der Waals surface area contributed by atoms with E-state index in [0.717, 1.165) is 21.9 Å². The number of aliphatic hydroxyl groups excluding tert-OH is 1. The molecular formula is C17H13BrF2N2O4S. The molecular weight excluding hydrogens is 446 g/mol. The number of carbonyl (C=O) groups is 1. The maximum atomic E-state index is 14.1. The van der Waals surface area contributed by atoms with E-state index in [2.05, 4.69) is 20.9 Å². The summed E-state index contributed by atoms with van der Waals surface area (Å²) in [5.41, 5.74) is 4.57. The highest BCUT2D eigenvalue weighted by Crippen LogP contribution is 2.35. The summed E-state index contributed by atoms with van der Waals surface area (Å²) in [6.07, 6.45) is -1.32. The van der Waals surface area contributed by atoms with Gasteiger partial charge in [-0.05, 0) is 47.1 Å². The molecule has 0 saturated carbocycles. The minimum absolute atomic E-state index is 0.0411. The first-order valence-corrected chi connectivity index (χ1v) is 9.20. The summed E-state index contributed by atoms with van der Waals surface area (Å²) < 4.78 is 38.5. The zero-order chi connectivity index (χ0) is 19.7. The molecule has 0 spiro atoms. The van der Waals surface area contributed by atoms with E-state index in [-0.39, 0.29) is 5.89 Å². The largest absolute Gasteiger partial charge is 0.487 e. The number of aliphatic hydroxyl groups is 1. The van der Waals surface area contributed by atoms with Crippen LogP contribution in [0.2, 0.25) is 0 Å². The molecule has 2 heterocycles. The second kappa shape index (κ2) is 7.75. The summed E-state index contributed by atoms with van der Waals surface area (Å²) in [5.74, 6) is -4.06. The predicted octanol–water partition coefficient (Wildman–Crippen LogP) is 3.96. The van der Waals surface area contributed by atoms with E-state index in [0.29, 0.717) is 10.4 Å². The number of nitrogens with two attached hydrogens (primary N) is 1. The lowest BCUT2D eigenvalue weighted by molar-refractivity contribution is 0.0811. The summed E-state index contributed by atoms with van der Waals surface area (Å²) in [6.45, 7) is 1.51. The van der Waals surface area contributed by atoms with Crippen LogP contribution in [0.3, 0.4) is 0 Å². The highest BCUT2D eigenvalue weighted by atomic mass is 79.9. The van der Waals surface area contributed by atoms with Crippen LogP contribution in [0.4, 0.5) is 8.78 Å². The number of carbonyl (C=O) groups excluding carboxylic acids is 1. The van der Waals surface area contributed by atoms with Gasteiger partial charge < -0.3 is 20.0 Å². The number of aryl methyl sites for hydroxylation is 1. The van der Waals surface area contributed by atoms with Crippen LogP contribution in [0.1, 0.15) is 27.2 Å². The number of hydrogen-bond donors (Lipinski definition) is 2. The number of aromatic nitrogens is 1. The van der Waals surface area contributed by atoms with Crippen LogP contribution in [0.15, 0.2) is 33.4 Å². The minimum atomic E-state index is -1.32. The van der Waals surface area contributed by atoms with Crippen molar-refractivity contribution in [3.63, 3.8) is 0 Å². The molecule has 3 N–H and O–H groups in total. The molecule has 0 aliphatic heterocycles. The van der Waals surface area contributed by atoms with Gasteiger partial charge >= 0.3 is 0 Å². The third-order valence-corrected chi connectivity index (χ3v) is 5.10. The molecule has 0 fully saturated rings. The average Bonchev–Trinajstić information content (AvgIpc) is 3.19. The van der Waals surface area contributed by atoms with Gasteiger partial charge in [0.25, 0.3) is 5.91 Å². The monoisotopic (exact) mass is 458 g/mol. The van der Waals surface area contributed by atoms with Gasteiger partial charge in [-0.15, -0.1) is 11.3 Å². The molecule has 0 aliphatic rings. The maximum absolute atomic E-state index is 14.1. The topological polar surface area (TPSA) is 98.6 Å². The first-order valence-electron chi connectivity index (χ1n) is 7.59. The first kappa shape index (κ1) is 19.5. The molecule has 0 saturated heterocycles. The molecule has 3 aromatic rings. The van der Waals surface area contributed by atoms with E-state index in [9.17, 15) is 18.7 Å². The Hall–Kier alpha value is -2.30. The second-order valence-electron chi connectivity index (χ2n) is 5.51. The molecule has 0 bridgehead atoms. The maximum Gasteiger partial charge on any atom is 0.254 e. The van der Waals surface area contributed by atoms with Gasteiger partial charge in [0.05, 0.1) is 4.88 Å². The Morgan fingerprint density at radius 3 is 2.78 bits per heavy atom. The van der Waals surface area contributed by atoms with E-state index in [1.807, 2.05) is 19.1 Å². The van der Waals surface area contributed by atoms with Crippen LogP contribution < -0.4 is 10.5 Å². The molecule has 10 heteroatoms. The standard InChI is InChI=1S/C17H13BrF2N2O4S/c1-7-2-5-11(27-7)14-15(18)26-17(22-14)9(23)6-25-10-4-3-8(19)12(13(10)20)16(21)24/h2-5,9,23H,6H2,1H3,(H2,21,24). The van der Waals surface area contributed by atoms with Gasteiger partial charge in [0, 0.05) is 4.88 Å². The quantitative estimate of drug-likeness (QED) is 0.582. The predicted molar refractivity (Wildman–Crippen MR) is 97.6 cm³/mol. The number of ether oxygens (including phenoxy) is 1. The number of halogens is 3. The second-order valence-corrected chi connectivity index (χ2v) is 7.52. The third-order valence-electron chi connectivity index (χ3n) is 3.56. The van der Waals surface area contributed by atoms with Crippen LogP contribution in [0.5, 0.6) is 5.75 Å². The van der Waals surface area contributed by atoms with Crippen molar-refractivity contribution < 1.29 is 27.8 Å². The Bertz CT molecular complexity index is 1000. The van der Waals surface area contributed by atoms with Crippen LogP contribution in [0, 0.1) is 18.6 Å². The molecule has 142 valence electrons. The average molecular weight is 459 g/mol.